The summed E-state index contributed by atoms with van der Waals surface area (Å²) in [4.78, 5) is 44.9. The van der Waals surface area contributed by atoms with E-state index in [0.29, 0.717) is 29.4 Å². The van der Waals surface area contributed by atoms with Crippen LogP contribution in [0.4, 0.5) is 4.79 Å². The second-order valence-corrected chi connectivity index (χ2v) is 13.9. The van der Waals surface area contributed by atoms with Gasteiger partial charge in [0.05, 0.1) is 18.3 Å². The fraction of sp³-hybridized carbons (Fsp3) is 0.440. The van der Waals surface area contributed by atoms with Crippen molar-refractivity contribution in [3.63, 3.8) is 0 Å². The van der Waals surface area contributed by atoms with Crippen molar-refractivity contribution in [3.8, 4) is 5.06 Å². The van der Waals surface area contributed by atoms with Crippen molar-refractivity contribution in [1.82, 2.24) is 19.5 Å². The molecular weight excluding hydrogens is 548 g/mol. The zero-order valence-corrected chi connectivity index (χ0v) is 22.8. The van der Waals surface area contributed by atoms with Gasteiger partial charge in [-0.05, 0) is 41.8 Å². The first-order valence-corrected chi connectivity index (χ1v) is 15.8. The maximum Gasteiger partial charge on any atom is 0.414 e. The Morgan fingerprint density at radius 1 is 1.21 bits per heavy atom. The molecule has 0 spiro atoms. The van der Waals surface area contributed by atoms with Crippen molar-refractivity contribution in [2.24, 2.45) is 5.92 Å². The third-order valence-corrected chi connectivity index (χ3v) is 11.0. The summed E-state index contributed by atoms with van der Waals surface area (Å²) in [7, 11) is -3.79. The maximum absolute atomic E-state index is 13.7. The average Bonchev–Trinajstić information content (AvgIpc) is 3.19. The van der Waals surface area contributed by atoms with E-state index in [0.717, 1.165) is 22.2 Å². The molecule has 3 fully saturated rings. The average molecular weight is 575 g/mol. The van der Waals surface area contributed by atoms with Crippen LogP contribution in [0.3, 0.4) is 0 Å². The summed E-state index contributed by atoms with van der Waals surface area (Å²) in [5, 5.41) is 5.14. The Bertz CT molecular complexity index is 1450. The van der Waals surface area contributed by atoms with Crippen LogP contribution in [0.5, 0.6) is 5.06 Å². The number of carbonyl (C=O) groups excluding carboxylic acids is 3. The molecule has 2 amide bonds. The normalized spacial score (nSPS) is 22.5. The highest BCUT2D eigenvalue weighted by molar-refractivity contribution is 7.88. The highest BCUT2D eigenvalue weighted by atomic mass is 32.2. The van der Waals surface area contributed by atoms with Gasteiger partial charge in [0.25, 0.3) is 0 Å². The van der Waals surface area contributed by atoms with Gasteiger partial charge in [-0.2, -0.15) is 4.31 Å². The summed E-state index contributed by atoms with van der Waals surface area (Å²) in [5.74, 6) is -0.607. The molecule has 3 aromatic heterocycles. The predicted octanol–water partition coefficient (Wildman–Crippen LogP) is 3.00. The molecular formula is C25H26N4O6S3. The Kier molecular flexibility index (Phi) is 6.70. The van der Waals surface area contributed by atoms with Crippen LogP contribution in [0.1, 0.15) is 31.2 Å². The van der Waals surface area contributed by atoms with Gasteiger partial charge in [-0.1, -0.05) is 30.2 Å². The van der Waals surface area contributed by atoms with E-state index in [1.54, 1.807) is 35.7 Å². The molecule has 10 nitrogen and oxygen atoms in total. The molecule has 13 heteroatoms. The molecule has 6 rings (SSSR count). The fourth-order valence-electron chi connectivity index (χ4n) is 5.32. The molecule has 38 heavy (non-hydrogen) atoms. The first-order chi connectivity index (χ1) is 18.3. The lowest BCUT2D eigenvalue weighted by molar-refractivity contribution is -0.138. The number of sulfonamides is 1. The lowest BCUT2D eigenvalue weighted by atomic mass is 10.1. The third kappa shape index (κ3) is 5.07. The monoisotopic (exact) mass is 574 g/mol. The molecule has 1 N–H and O–H groups in total. The number of nitrogens with one attached hydrogen (secondary N) is 1. The number of ether oxygens (including phenoxy) is 1. The number of aromatic nitrogens is 1. The number of thiophene rings is 2. The van der Waals surface area contributed by atoms with Gasteiger partial charge in [-0.15, -0.1) is 11.3 Å². The van der Waals surface area contributed by atoms with Gasteiger partial charge in [0.2, 0.25) is 15.9 Å². The molecule has 1 saturated carbocycles. The van der Waals surface area contributed by atoms with Crippen molar-refractivity contribution in [2.45, 2.75) is 49.6 Å². The van der Waals surface area contributed by atoms with Gasteiger partial charge in [0.1, 0.15) is 12.1 Å². The van der Waals surface area contributed by atoms with E-state index in [4.69, 9.17) is 4.74 Å². The molecule has 1 aliphatic carbocycles. The summed E-state index contributed by atoms with van der Waals surface area (Å²) < 4.78 is 35.1. The molecule has 3 unspecified atom stereocenters. The largest absolute Gasteiger partial charge is 0.414 e. The van der Waals surface area contributed by atoms with Crippen LogP contribution in [0, 0.1) is 5.92 Å². The van der Waals surface area contributed by atoms with Crippen LogP contribution in [-0.2, 0) is 25.4 Å². The van der Waals surface area contributed by atoms with Crippen LogP contribution in [0.2, 0.25) is 0 Å². The summed E-state index contributed by atoms with van der Waals surface area (Å²) in [6.45, 7) is -0.0160. The number of amides is 2. The van der Waals surface area contributed by atoms with E-state index in [1.165, 1.54) is 26.7 Å². The van der Waals surface area contributed by atoms with Crippen molar-refractivity contribution >= 4 is 59.9 Å². The van der Waals surface area contributed by atoms with E-state index in [-0.39, 0.29) is 30.5 Å². The van der Waals surface area contributed by atoms with Crippen LogP contribution >= 0.6 is 22.7 Å². The number of pyridine rings is 1. The molecule has 5 heterocycles. The minimum atomic E-state index is -3.79. The molecule has 0 bridgehead atoms. The molecule has 2 saturated heterocycles. The number of rotatable bonds is 8. The Labute approximate surface area is 227 Å². The summed E-state index contributed by atoms with van der Waals surface area (Å²) in [6, 6.07) is 4.79. The van der Waals surface area contributed by atoms with E-state index in [1.807, 2.05) is 11.4 Å². The number of likely N-dealkylation sites (tertiary alicyclic amines) is 1. The van der Waals surface area contributed by atoms with Crippen LogP contribution in [-0.4, -0.2) is 71.6 Å². The number of Topliss-reactive ketones (excluding diaryl/α,β-unsaturated/α-hetero) is 1. The van der Waals surface area contributed by atoms with Crippen molar-refractivity contribution in [2.75, 3.05) is 13.1 Å². The van der Waals surface area contributed by atoms with Crippen molar-refractivity contribution in [1.29, 1.82) is 0 Å². The Morgan fingerprint density at radius 3 is 2.79 bits per heavy atom. The molecule has 200 valence electrons. The van der Waals surface area contributed by atoms with E-state index < -0.39 is 34.2 Å². The third-order valence-electron chi connectivity index (χ3n) is 7.26. The van der Waals surface area contributed by atoms with Crippen LogP contribution < -0.4 is 10.1 Å². The maximum atomic E-state index is 13.7. The Morgan fingerprint density at radius 2 is 2.05 bits per heavy atom. The van der Waals surface area contributed by atoms with Gasteiger partial charge >= 0.3 is 6.09 Å². The van der Waals surface area contributed by atoms with Crippen LogP contribution in [0.15, 0.2) is 42.0 Å². The van der Waals surface area contributed by atoms with E-state index >= 15 is 0 Å². The Hall–Kier alpha value is -2.87. The number of ketones is 1. The standard InChI is InChI=1S/C25H26N4O6S3/c30-19-13-29(38(33,34)14-16-2-1-7-26-12-16)18-5-8-28(23(18)19)24(31)17(10-15-3-4-15)27-25(32)35-22-11-21-20(37-22)6-9-36-21/h1-2,6-7,9,11-12,15,17-18,23H,3-5,8,10,13-14H2,(H,27,32). The number of hydrogen-bond acceptors (Lipinski definition) is 9. The molecule has 2 aliphatic heterocycles. The zero-order valence-electron chi connectivity index (χ0n) is 20.3. The first-order valence-electron chi connectivity index (χ1n) is 12.5. The number of nitrogens with zero attached hydrogens (tertiary/aromatic N) is 3. The summed E-state index contributed by atoms with van der Waals surface area (Å²) in [5.41, 5.74) is 0.534. The van der Waals surface area contributed by atoms with Gasteiger partial charge in [0, 0.05) is 34.4 Å². The highest BCUT2D eigenvalue weighted by Gasteiger charge is 2.54. The SMILES string of the molecule is O=C(NC(CC1CC1)C(=O)N1CCC2C1C(=O)CN2S(=O)(=O)Cc1cccnc1)Oc1cc2sccc2s1. The molecule has 3 atom stereocenters. The fourth-order valence-corrected chi connectivity index (χ4v) is 8.99. The number of carbonyl (C=O) groups is 3. The van der Waals surface area contributed by atoms with Gasteiger partial charge in [-0.3, -0.25) is 14.6 Å². The van der Waals surface area contributed by atoms with Gasteiger partial charge in [0.15, 0.2) is 10.8 Å². The van der Waals surface area contributed by atoms with Crippen LogP contribution in [0.25, 0.3) is 9.40 Å². The van der Waals surface area contributed by atoms with E-state index in [2.05, 4.69) is 10.3 Å². The summed E-state index contributed by atoms with van der Waals surface area (Å²) in [6.07, 6.45) is 5.12. The first kappa shape index (κ1) is 25.4. The summed E-state index contributed by atoms with van der Waals surface area (Å²) >= 11 is 2.91. The minimum Gasteiger partial charge on any atom is -0.399 e. The van der Waals surface area contributed by atoms with Crippen molar-refractivity contribution in [3.05, 3.63) is 47.6 Å². The zero-order chi connectivity index (χ0) is 26.4. The predicted molar refractivity (Wildman–Crippen MR) is 142 cm³/mol. The molecule has 0 aromatic carbocycles. The number of fused-ring (bicyclic) bond motifs is 2. The molecule has 0 radical (unpaired) electrons. The Balaban J connectivity index is 1.15. The number of hydrogen-bond donors (Lipinski definition) is 1. The minimum absolute atomic E-state index is 0.248. The second-order valence-electron chi connectivity index (χ2n) is 9.94. The topological polar surface area (TPSA) is 126 Å². The molecule has 3 aromatic rings. The van der Waals surface area contributed by atoms with E-state index in [9.17, 15) is 22.8 Å². The second kappa shape index (κ2) is 10.0. The van der Waals surface area contributed by atoms with Gasteiger partial charge < -0.3 is 15.0 Å². The lowest BCUT2D eigenvalue weighted by Gasteiger charge is -2.28. The quantitative estimate of drug-likeness (QED) is 0.438. The van der Waals surface area contributed by atoms with Crippen molar-refractivity contribution < 1.29 is 27.5 Å². The van der Waals surface area contributed by atoms with Gasteiger partial charge in [-0.25, -0.2) is 13.2 Å². The highest BCUT2D eigenvalue weighted by Crippen LogP contribution is 2.37. The molecule has 3 aliphatic rings. The lowest BCUT2D eigenvalue weighted by Crippen LogP contribution is -2.53. The smallest absolute Gasteiger partial charge is 0.399 e.